The molecular weight excluding hydrogens is 291 g/mol. The van der Waals surface area contributed by atoms with Gasteiger partial charge in [-0.05, 0) is 37.8 Å². The van der Waals surface area contributed by atoms with Crippen molar-refractivity contribution in [2.45, 2.75) is 25.3 Å². The number of halogens is 2. The van der Waals surface area contributed by atoms with Gasteiger partial charge in [0.1, 0.15) is 15.8 Å². The summed E-state index contributed by atoms with van der Waals surface area (Å²) >= 11 is 11.4. The van der Waals surface area contributed by atoms with Crippen molar-refractivity contribution in [2.75, 3.05) is 0 Å². The van der Waals surface area contributed by atoms with Crippen molar-refractivity contribution in [3.05, 3.63) is 28.0 Å². The zero-order valence-corrected chi connectivity index (χ0v) is 11.6. The topological polar surface area (TPSA) is 79.3 Å². The molecule has 7 heteroatoms. The molecule has 1 unspecified atom stereocenters. The predicted octanol–water partition coefficient (Wildman–Crippen LogP) is 2.37. The van der Waals surface area contributed by atoms with Crippen LogP contribution in [0.1, 0.15) is 30.1 Å². The Morgan fingerprint density at radius 2 is 1.89 bits per heavy atom. The third-order valence-electron chi connectivity index (χ3n) is 3.24. The van der Waals surface area contributed by atoms with Gasteiger partial charge in [0, 0.05) is 5.56 Å². The van der Waals surface area contributed by atoms with Gasteiger partial charge >= 0.3 is 5.97 Å². The highest BCUT2D eigenvalue weighted by atomic mass is 35.5. The molecule has 1 aromatic rings. The highest BCUT2D eigenvalue weighted by Gasteiger charge is 2.48. The second-order valence-electron chi connectivity index (χ2n) is 4.74. The molecule has 1 saturated carbocycles. The van der Waals surface area contributed by atoms with Gasteiger partial charge in [0.2, 0.25) is 0 Å². The Labute approximate surface area is 119 Å². The molecule has 102 valence electrons. The van der Waals surface area contributed by atoms with Crippen LogP contribution in [-0.2, 0) is 4.79 Å². The number of carbonyl (C=O) groups is 2. The van der Waals surface area contributed by atoms with E-state index in [1.807, 2.05) is 0 Å². The summed E-state index contributed by atoms with van der Waals surface area (Å²) in [5.74, 6) is -1.61. The van der Waals surface area contributed by atoms with Gasteiger partial charge in [0.15, 0.2) is 0 Å². The largest absolute Gasteiger partial charge is 0.480 e. The van der Waals surface area contributed by atoms with Crippen molar-refractivity contribution in [1.82, 2.24) is 10.3 Å². The summed E-state index contributed by atoms with van der Waals surface area (Å²) < 4.78 is 0. The lowest BCUT2D eigenvalue weighted by molar-refractivity contribution is -0.144. The minimum Gasteiger partial charge on any atom is -0.480 e. The van der Waals surface area contributed by atoms with Crippen LogP contribution in [0.3, 0.4) is 0 Å². The number of nitrogens with zero attached hydrogens (tertiary/aromatic N) is 1. The zero-order valence-electron chi connectivity index (χ0n) is 10.1. The van der Waals surface area contributed by atoms with Crippen LogP contribution in [-0.4, -0.2) is 27.5 Å². The molecular formula is C12H12Cl2N2O3. The minimum absolute atomic E-state index is 0.0401. The number of hydrogen-bond acceptors (Lipinski definition) is 3. The number of amides is 1. The molecule has 2 rings (SSSR count). The lowest BCUT2D eigenvalue weighted by atomic mass is 9.95. The minimum atomic E-state index is -1.26. The molecule has 1 atom stereocenters. The Balaban J connectivity index is 2.22. The first-order valence-corrected chi connectivity index (χ1v) is 6.47. The first kappa shape index (κ1) is 14.1. The van der Waals surface area contributed by atoms with Crippen LogP contribution in [0.25, 0.3) is 0 Å². The summed E-state index contributed by atoms with van der Waals surface area (Å²) in [5.41, 5.74) is -1.07. The van der Waals surface area contributed by atoms with Gasteiger partial charge in [0.05, 0.1) is 0 Å². The van der Waals surface area contributed by atoms with Gasteiger partial charge in [-0.15, -0.1) is 0 Å². The van der Waals surface area contributed by atoms with Crippen molar-refractivity contribution in [1.29, 1.82) is 0 Å². The van der Waals surface area contributed by atoms with E-state index in [0.29, 0.717) is 0 Å². The number of hydrogen-bond donors (Lipinski definition) is 2. The molecule has 1 aromatic heterocycles. The average Bonchev–Trinajstić information content (AvgIpc) is 3.10. The predicted molar refractivity (Wildman–Crippen MR) is 70.5 cm³/mol. The van der Waals surface area contributed by atoms with Gasteiger partial charge in [-0.2, -0.15) is 0 Å². The van der Waals surface area contributed by atoms with E-state index in [1.54, 1.807) is 0 Å². The number of rotatable bonds is 4. The molecule has 0 bridgehead atoms. The number of aromatic nitrogens is 1. The van der Waals surface area contributed by atoms with Crippen LogP contribution in [0.5, 0.6) is 0 Å². The molecule has 1 amide bonds. The molecule has 1 aliphatic rings. The van der Waals surface area contributed by atoms with Crippen LogP contribution in [0.2, 0.25) is 10.3 Å². The van der Waals surface area contributed by atoms with Crippen molar-refractivity contribution >= 4 is 35.1 Å². The molecule has 0 aliphatic heterocycles. The van der Waals surface area contributed by atoms with Gasteiger partial charge in [-0.1, -0.05) is 23.2 Å². The fraction of sp³-hybridized carbons (Fsp3) is 0.417. The lowest BCUT2D eigenvalue weighted by Crippen LogP contribution is -2.54. The Hall–Kier alpha value is -1.33. The van der Waals surface area contributed by atoms with E-state index >= 15 is 0 Å². The van der Waals surface area contributed by atoms with E-state index in [9.17, 15) is 14.7 Å². The number of carboxylic acid groups (broad SMARTS) is 1. The second kappa shape index (κ2) is 4.98. The van der Waals surface area contributed by atoms with Crippen molar-refractivity contribution < 1.29 is 14.7 Å². The zero-order chi connectivity index (χ0) is 14.2. The SMILES string of the molecule is CC(NC(=O)c1cc(Cl)nc(Cl)c1)(C(=O)O)C1CC1. The van der Waals surface area contributed by atoms with Crippen LogP contribution in [0, 0.1) is 5.92 Å². The summed E-state index contributed by atoms with van der Waals surface area (Å²) in [6.07, 6.45) is 1.59. The Bertz CT molecular complexity index is 526. The maximum atomic E-state index is 12.1. The number of pyridine rings is 1. The van der Waals surface area contributed by atoms with Crippen LogP contribution in [0.15, 0.2) is 12.1 Å². The number of nitrogens with one attached hydrogen (secondary N) is 1. The molecule has 0 aromatic carbocycles. The Morgan fingerprint density at radius 1 is 1.37 bits per heavy atom. The normalized spacial score (nSPS) is 17.6. The second-order valence-corrected chi connectivity index (χ2v) is 5.51. The van der Waals surface area contributed by atoms with Crippen LogP contribution in [0.4, 0.5) is 0 Å². The molecule has 1 fully saturated rings. The Morgan fingerprint density at radius 3 is 2.32 bits per heavy atom. The first-order valence-electron chi connectivity index (χ1n) is 5.72. The maximum Gasteiger partial charge on any atom is 0.329 e. The van der Waals surface area contributed by atoms with Crippen molar-refractivity contribution in [3.63, 3.8) is 0 Å². The van der Waals surface area contributed by atoms with Crippen molar-refractivity contribution in [2.24, 2.45) is 5.92 Å². The third kappa shape index (κ3) is 2.98. The Kier molecular flexibility index (Phi) is 3.69. The monoisotopic (exact) mass is 302 g/mol. The summed E-state index contributed by atoms with van der Waals surface area (Å²) in [4.78, 5) is 27.1. The summed E-state index contributed by atoms with van der Waals surface area (Å²) in [7, 11) is 0. The number of carboxylic acids is 1. The maximum absolute atomic E-state index is 12.1. The quantitative estimate of drug-likeness (QED) is 0.837. The smallest absolute Gasteiger partial charge is 0.329 e. The summed E-state index contributed by atoms with van der Waals surface area (Å²) in [6.45, 7) is 1.51. The molecule has 1 heterocycles. The molecule has 1 aliphatic carbocycles. The number of carbonyl (C=O) groups excluding carboxylic acids is 1. The van der Waals surface area contributed by atoms with Crippen LogP contribution >= 0.6 is 23.2 Å². The van der Waals surface area contributed by atoms with E-state index in [2.05, 4.69) is 10.3 Å². The average molecular weight is 303 g/mol. The fourth-order valence-corrected chi connectivity index (χ4v) is 2.36. The van der Waals surface area contributed by atoms with Gasteiger partial charge in [-0.3, -0.25) is 4.79 Å². The third-order valence-corrected chi connectivity index (χ3v) is 3.62. The van der Waals surface area contributed by atoms with Gasteiger partial charge in [0.25, 0.3) is 5.91 Å². The molecule has 2 N–H and O–H groups in total. The van der Waals surface area contributed by atoms with Gasteiger partial charge < -0.3 is 10.4 Å². The van der Waals surface area contributed by atoms with E-state index in [1.165, 1.54) is 19.1 Å². The summed E-state index contributed by atoms with van der Waals surface area (Å²) in [5, 5.41) is 12.0. The highest BCUT2D eigenvalue weighted by molar-refractivity contribution is 6.33. The lowest BCUT2D eigenvalue weighted by Gasteiger charge is -2.26. The molecule has 5 nitrogen and oxygen atoms in total. The van der Waals surface area contributed by atoms with Crippen LogP contribution < -0.4 is 5.32 Å². The fourth-order valence-electron chi connectivity index (χ4n) is 1.89. The molecule has 0 radical (unpaired) electrons. The highest BCUT2D eigenvalue weighted by Crippen LogP contribution is 2.39. The molecule has 0 saturated heterocycles. The number of aliphatic carboxylic acids is 1. The van der Waals surface area contributed by atoms with E-state index in [0.717, 1.165) is 12.8 Å². The summed E-state index contributed by atoms with van der Waals surface area (Å²) in [6, 6.07) is 2.69. The standard InChI is InChI=1S/C12H12Cl2N2O3/c1-12(11(18)19,7-2-3-7)16-10(17)6-4-8(13)15-9(14)5-6/h4-5,7H,2-3H2,1H3,(H,16,17)(H,18,19). The van der Waals surface area contributed by atoms with Crippen molar-refractivity contribution in [3.8, 4) is 0 Å². The van der Waals surface area contributed by atoms with Gasteiger partial charge in [-0.25, -0.2) is 9.78 Å². The van der Waals surface area contributed by atoms with E-state index in [-0.39, 0.29) is 21.8 Å². The van der Waals surface area contributed by atoms with E-state index < -0.39 is 17.4 Å². The first-order chi connectivity index (χ1) is 8.83. The molecule has 0 spiro atoms. The molecule has 19 heavy (non-hydrogen) atoms. The van der Waals surface area contributed by atoms with E-state index in [4.69, 9.17) is 23.2 Å².